The predicted molar refractivity (Wildman–Crippen MR) is 61.3 cm³/mol. The number of ether oxygens (including phenoxy) is 1. The highest BCUT2D eigenvalue weighted by molar-refractivity contribution is 5.86. The van der Waals surface area contributed by atoms with E-state index in [1.807, 2.05) is 0 Å². The maximum atomic E-state index is 11.6. The van der Waals surface area contributed by atoms with Crippen LogP contribution in [0.5, 0.6) is 0 Å². The molecule has 2 N–H and O–H groups in total. The summed E-state index contributed by atoms with van der Waals surface area (Å²) in [6.07, 6.45) is -0.157. The van der Waals surface area contributed by atoms with Crippen LogP contribution in [0.2, 0.25) is 0 Å². The van der Waals surface area contributed by atoms with E-state index in [0.29, 0.717) is 26.2 Å². The summed E-state index contributed by atoms with van der Waals surface area (Å²) >= 11 is 0. The molecule has 0 aliphatic carbocycles. The van der Waals surface area contributed by atoms with E-state index in [9.17, 15) is 9.59 Å². The van der Waals surface area contributed by atoms with Gasteiger partial charge in [0.1, 0.15) is 0 Å². The minimum atomic E-state index is -0.396. The van der Waals surface area contributed by atoms with Gasteiger partial charge in [0.05, 0.1) is 19.1 Å². The van der Waals surface area contributed by atoms with Gasteiger partial charge in [0.15, 0.2) is 0 Å². The number of methoxy groups -OCH3 is 1. The quantitative estimate of drug-likeness (QED) is 0.462. The van der Waals surface area contributed by atoms with Crippen LogP contribution >= 0.6 is 0 Å². The molecule has 6 heteroatoms. The molecule has 0 radical (unpaired) electrons. The summed E-state index contributed by atoms with van der Waals surface area (Å²) in [5, 5.41) is 12.1. The normalized spacial score (nSPS) is 21.7. The molecule has 1 saturated heterocycles. The lowest BCUT2D eigenvalue weighted by atomic mass is 10.1. The average molecular weight is 244 g/mol. The molecule has 1 heterocycles. The van der Waals surface area contributed by atoms with E-state index in [1.54, 1.807) is 11.8 Å². The second-order valence-corrected chi connectivity index (χ2v) is 4.32. The van der Waals surface area contributed by atoms with Crippen LogP contribution in [0.4, 0.5) is 0 Å². The number of nitrogens with one attached hydrogen (secondary N) is 1. The summed E-state index contributed by atoms with van der Waals surface area (Å²) in [6, 6.07) is 0. The number of aliphatic hydroxyl groups is 1. The largest absolute Gasteiger partial charge is 0.469 e. The first-order valence-corrected chi connectivity index (χ1v) is 5.79. The second-order valence-electron chi connectivity index (χ2n) is 4.32. The Morgan fingerprint density at radius 1 is 1.71 bits per heavy atom. The van der Waals surface area contributed by atoms with Crippen LogP contribution in [0.25, 0.3) is 0 Å². The Bertz CT molecular complexity index is 281. The van der Waals surface area contributed by atoms with Crippen LogP contribution in [-0.4, -0.2) is 61.3 Å². The van der Waals surface area contributed by atoms with E-state index < -0.39 is 6.10 Å². The first-order chi connectivity index (χ1) is 8.04. The molecule has 1 fully saturated rings. The van der Waals surface area contributed by atoms with Gasteiger partial charge in [-0.3, -0.25) is 9.59 Å². The van der Waals surface area contributed by atoms with Gasteiger partial charge in [-0.1, -0.05) is 0 Å². The Hall–Kier alpha value is -1.14. The van der Waals surface area contributed by atoms with Gasteiger partial charge in [0.2, 0.25) is 5.91 Å². The molecule has 0 aromatic rings. The van der Waals surface area contributed by atoms with Crippen molar-refractivity contribution in [3.05, 3.63) is 0 Å². The maximum Gasteiger partial charge on any atom is 0.310 e. The van der Waals surface area contributed by atoms with Crippen molar-refractivity contribution in [2.75, 3.05) is 33.3 Å². The molecule has 0 aromatic carbocycles. The summed E-state index contributed by atoms with van der Waals surface area (Å²) in [6.45, 7) is 3.80. The van der Waals surface area contributed by atoms with Gasteiger partial charge in [-0.05, 0) is 6.92 Å². The lowest BCUT2D eigenvalue weighted by Crippen LogP contribution is -2.36. The standard InChI is InChI=1S/C11H20N2O4/c1-8(14)6-12-3-4-13-7-9(5-10(13)15)11(16)17-2/h8-9,12,14H,3-7H2,1-2H3. The van der Waals surface area contributed by atoms with Crippen molar-refractivity contribution in [1.82, 2.24) is 10.2 Å². The van der Waals surface area contributed by atoms with Gasteiger partial charge >= 0.3 is 5.97 Å². The van der Waals surface area contributed by atoms with Crippen LogP contribution in [0.1, 0.15) is 13.3 Å². The number of rotatable bonds is 6. The highest BCUT2D eigenvalue weighted by Crippen LogP contribution is 2.18. The zero-order valence-electron chi connectivity index (χ0n) is 10.3. The van der Waals surface area contributed by atoms with Crippen molar-refractivity contribution in [3.63, 3.8) is 0 Å². The average Bonchev–Trinajstić information content (AvgIpc) is 2.65. The number of hydrogen-bond acceptors (Lipinski definition) is 5. The molecule has 17 heavy (non-hydrogen) atoms. The molecule has 1 aliphatic heterocycles. The molecule has 6 nitrogen and oxygen atoms in total. The van der Waals surface area contributed by atoms with Gasteiger partial charge in [-0.25, -0.2) is 0 Å². The van der Waals surface area contributed by atoms with Crippen molar-refractivity contribution in [3.8, 4) is 0 Å². The summed E-state index contributed by atoms with van der Waals surface area (Å²) < 4.78 is 4.62. The maximum absolute atomic E-state index is 11.6. The third-order valence-corrected chi connectivity index (χ3v) is 2.75. The number of nitrogens with zero attached hydrogens (tertiary/aromatic N) is 1. The van der Waals surface area contributed by atoms with Gasteiger partial charge in [-0.15, -0.1) is 0 Å². The second kappa shape index (κ2) is 6.56. The third kappa shape index (κ3) is 4.32. The summed E-state index contributed by atoms with van der Waals surface area (Å²) in [5.74, 6) is -0.665. The molecule has 2 atom stereocenters. The Morgan fingerprint density at radius 2 is 2.41 bits per heavy atom. The number of hydrogen-bond donors (Lipinski definition) is 2. The van der Waals surface area contributed by atoms with E-state index in [2.05, 4.69) is 10.1 Å². The van der Waals surface area contributed by atoms with Crippen molar-refractivity contribution >= 4 is 11.9 Å². The van der Waals surface area contributed by atoms with Crippen molar-refractivity contribution in [2.24, 2.45) is 5.92 Å². The molecule has 0 saturated carbocycles. The molecule has 0 bridgehead atoms. The Balaban J connectivity index is 2.26. The molecule has 1 aliphatic rings. The van der Waals surface area contributed by atoms with Gasteiger partial charge in [0, 0.05) is 32.6 Å². The minimum Gasteiger partial charge on any atom is -0.469 e. The topological polar surface area (TPSA) is 78.9 Å². The van der Waals surface area contributed by atoms with Crippen molar-refractivity contribution < 1.29 is 19.4 Å². The molecular weight excluding hydrogens is 224 g/mol. The van der Waals surface area contributed by atoms with Gasteiger partial charge in [0.25, 0.3) is 0 Å². The first-order valence-electron chi connectivity index (χ1n) is 5.79. The molecule has 0 spiro atoms. The Kier molecular flexibility index (Phi) is 5.37. The molecule has 1 amide bonds. The zero-order valence-corrected chi connectivity index (χ0v) is 10.3. The minimum absolute atomic E-state index is 0.0146. The van der Waals surface area contributed by atoms with E-state index in [1.165, 1.54) is 7.11 Å². The molecule has 0 aromatic heterocycles. The van der Waals surface area contributed by atoms with Crippen molar-refractivity contribution in [2.45, 2.75) is 19.4 Å². The lowest BCUT2D eigenvalue weighted by Gasteiger charge is -2.16. The smallest absolute Gasteiger partial charge is 0.310 e. The Labute approximate surface area is 101 Å². The van der Waals surface area contributed by atoms with Crippen LogP contribution < -0.4 is 5.32 Å². The monoisotopic (exact) mass is 244 g/mol. The third-order valence-electron chi connectivity index (χ3n) is 2.75. The first kappa shape index (κ1) is 13.9. The SMILES string of the molecule is COC(=O)C1CC(=O)N(CCNCC(C)O)C1. The summed E-state index contributed by atoms with van der Waals surface area (Å²) in [5.41, 5.74) is 0. The highest BCUT2D eigenvalue weighted by atomic mass is 16.5. The van der Waals surface area contributed by atoms with Gasteiger partial charge < -0.3 is 20.1 Å². The number of carbonyl (C=O) groups is 2. The Morgan fingerprint density at radius 3 is 3.00 bits per heavy atom. The number of aliphatic hydroxyl groups excluding tert-OH is 1. The van der Waals surface area contributed by atoms with Crippen LogP contribution in [0.15, 0.2) is 0 Å². The summed E-state index contributed by atoms with van der Waals surface area (Å²) in [4.78, 5) is 24.5. The van der Waals surface area contributed by atoms with Gasteiger partial charge in [-0.2, -0.15) is 0 Å². The predicted octanol–water partition coefficient (Wildman–Crippen LogP) is -1.02. The lowest BCUT2D eigenvalue weighted by molar-refractivity contribution is -0.145. The summed E-state index contributed by atoms with van der Waals surface area (Å²) in [7, 11) is 1.33. The van der Waals surface area contributed by atoms with Crippen molar-refractivity contribution in [1.29, 1.82) is 0 Å². The molecule has 2 unspecified atom stereocenters. The van der Waals surface area contributed by atoms with Crippen LogP contribution in [0, 0.1) is 5.92 Å². The van der Waals surface area contributed by atoms with E-state index in [0.717, 1.165) is 0 Å². The number of carbonyl (C=O) groups excluding carboxylic acids is 2. The molecule has 98 valence electrons. The fourth-order valence-corrected chi connectivity index (χ4v) is 1.84. The molecule has 1 rings (SSSR count). The van der Waals surface area contributed by atoms with E-state index >= 15 is 0 Å². The highest BCUT2D eigenvalue weighted by Gasteiger charge is 2.34. The fourth-order valence-electron chi connectivity index (χ4n) is 1.84. The number of amides is 1. The fraction of sp³-hybridized carbons (Fsp3) is 0.818. The van der Waals surface area contributed by atoms with Crippen LogP contribution in [0.3, 0.4) is 0 Å². The zero-order chi connectivity index (χ0) is 12.8. The van der Waals surface area contributed by atoms with E-state index in [-0.39, 0.29) is 24.2 Å². The van der Waals surface area contributed by atoms with Crippen LogP contribution in [-0.2, 0) is 14.3 Å². The van der Waals surface area contributed by atoms with E-state index in [4.69, 9.17) is 5.11 Å². The number of esters is 1. The number of likely N-dealkylation sites (tertiary alicyclic amines) is 1. The molecular formula is C11H20N2O4.